The largest absolute Gasteiger partial charge is 0.479 e. The molecule has 162 valence electrons. The molecule has 2 heterocycles. The van der Waals surface area contributed by atoms with Gasteiger partial charge in [-0.25, -0.2) is 9.59 Å². The van der Waals surface area contributed by atoms with Crippen LogP contribution in [0.4, 0.5) is 4.79 Å². The Morgan fingerprint density at radius 2 is 1.74 bits per heavy atom. The smallest absolute Gasteiger partial charge is 0.410 e. The number of carboxylic acid groups (broad SMARTS) is 1. The van der Waals surface area contributed by atoms with Crippen molar-refractivity contribution < 1.29 is 19.4 Å². The lowest BCUT2D eigenvalue weighted by Gasteiger charge is -2.45. The van der Waals surface area contributed by atoms with E-state index >= 15 is 0 Å². The SMILES string of the molecule is CN(C(=O)OCC1c2ccccc2-c2ccccc21)C1(C(=O)O)CCN2CCCC2C1. The average Bonchev–Trinajstić information content (AvgIpc) is 3.38. The second-order valence-electron chi connectivity index (χ2n) is 8.99. The van der Waals surface area contributed by atoms with Crippen molar-refractivity contribution in [3.63, 3.8) is 0 Å². The number of hydrogen-bond acceptors (Lipinski definition) is 4. The Bertz CT molecular complexity index is 977. The summed E-state index contributed by atoms with van der Waals surface area (Å²) in [7, 11) is 1.58. The lowest BCUT2D eigenvalue weighted by Crippen LogP contribution is -2.62. The minimum Gasteiger partial charge on any atom is -0.479 e. The van der Waals surface area contributed by atoms with E-state index in [1.165, 1.54) is 16.0 Å². The van der Waals surface area contributed by atoms with Crippen LogP contribution in [0.1, 0.15) is 42.7 Å². The van der Waals surface area contributed by atoms with E-state index in [0.717, 1.165) is 30.5 Å². The summed E-state index contributed by atoms with van der Waals surface area (Å²) in [5.41, 5.74) is 3.43. The van der Waals surface area contributed by atoms with E-state index in [0.29, 0.717) is 19.4 Å². The van der Waals surface area contributed by atoms with Gasteiger partial charge in [-0.05, 0) is 54.5 Å². The molecule has 2 atom stereocenters. The molecule has 6 nitrogen and oxygen atoms in total. The van der Waals surface area contributed by atoms with Crippen LogP contribution in [0.25, 0.3) is 11.1 Å². The first-order valence-electron chi connectivity index (χ1n) is 11.1. The van der Waals surface area contributed by atoms with Crippen molar-refractivity contribution in [1.29, 1.82) is 0 Å². The molecule has 31 heavy (non-hydrogen) atoms. The van der Waals surface area contributed by atoms with Gasteiger partial charge >= 0.3 is 12.1 Å². The average molecular weight is 421 g/mol. The van der Waals surface area contributed by atoms with Gasteiger partial charge in [-0.3, -0.25) is 4.90 Å². The number of fused-ring (bicyclic) bond motifs is 4. The number of benzene rings is 2. The Labute approximate surface area is 182 Å². The zero-order chi connectivity index (χ0) is 21.6. The Morgan fingerprint density at radius 1 is 1.10 bits per heavy atom. The number of likely N-dealkylation sites (N-methyl/N-ethyl adjacent to an activating group) is 1. The maximum absolute atomic E-state index is 13.1. The topological polar surface area (TPSA) is 70.1 Å². The van der Waals surface area contributed by atoms with Crippen molar-refractivity contribution in [3.8, 4) is 11.1 Å². The number of ether oxygens (including phenoxy) is 1. The van der Waals surface area contributed by atoms with Crippen LogP contribution in [-0.2, 0) is 9.53 Å². The van der Waals surface area contributed by atoms with Crippen LogP contribution in [0.2, 0.25) is 0 Å². The predicted octanol–water partition coefficient (Wildman–Crippen LogP) is 3.95. The summed E-state index contributed by atoms with van der Waals surface area (Å²) < 4.78 is 5.75. The number of amides is 1. The van der Waals surface area contributed by atoms with E-state index in [1.807, 2.05) is 24.3 Å². The van der Waals surface area contributed by atoms with Crippen LogP contribution in [0.5, 0.6) is 0 Å². The van der Waals surface area contributed by atoms with Gasteiger partial charge in [0, 0.05) is 25.6 Å². The molecule has 5 rings (SSSR count). The van der Waals surface area contributed by atoms with Gasteiger partial charge in [-0.2, -0.15) is 0 Å². The summed E-state index contributed by atoms with van der Waals surface area (Å²) in [6, 6.07) is 16.6. The van der Waals surface area contributed by atoms with Gasteiger partial charge in [0.05, 0.1) is 0 Å². The third-order valence-electron chi connectivity index (χ3n) is 7.54. The number of aliphatic carboxylic acids is 1. The fourth-order valence-electron chi connectivity index (χ4n) is 5.75. The lowest BCUT2D eigenvalue weighted by molar-refractivity contribution is -0.154. The third-order valence-corrected chi connectivity index (χ3v) is 7.54. The monoisotopic (exact) mass is 420 g/mol. The molecule has 0 spiro atoms. The van der Waals surface area contributed by atoms with E-state index < -0.39 is 17.6 Å². The highest BCUT2D eigenvalue weighted by molar-refractivity contribution is 5.85. The highest BCUT2D eigenvalue weighted by atomic mass is 16.6. The van der Waals surface area contributed by atoms with Crippen molar-refractivity contribution in [3.05, 3.63) is 59.7 Å². The van der Waals surface area contributed by atoms with Crippen molar-refractivity contribution in [2.75, 3.05) is 26.7 Å². The Kier molecular flexibility index (Phi) is 4.97. The molecule has 1 amide bonds. The second kappa shape index (κ2) is 7.68. The number of carboxylic acids is 1. The molecule has 0 bridgehead atoms. The summed E-state index contributed by atoms with van der Waals surface area (Å²) in [6.45, 7) is 1.93. The maximum atomic E-state index is 13.1. The second-order valence-corrected chi connectivity index (χ2v) is 8.99. The molecule has 2 aliphatic heterocycles. The van der Waals surface area contributed by atoms with Gasteiger partial charge in [-0.1, -0.05) is 48.5 Å². The molecule has 2 aromatic carbocycles. The van der Waals surface area contributed by atoms with Crippen LogP contribution in [-0.4, -0.2) is 65.3 Å². The number of rotatable bonds is 4. The van der Waals surface area contributed by atoms with Crippen LogP contribution in [0.15, 0.2) is 48.5 Å². The van der Waals surface area contributed by atoms with E-state index in [2.05, 4.69) is 29.2 Å². The number of carbonyl (C=O) groups is 2. The van der Waals surface area contributed by atoms with Crippen molar-refractivity contribution in [2.45, 2.75) is 43.2 Å². The molecule has 2 unspecified atom stereocenters. The van der Waals surface area contributed by atoms with Gasteiger partial charge in [0.25, 0.3) is 0 Å². The standard InChI is InChI=1S/C25H28N2O4/c1-26(25(23(28)29)12-14-27-13-6-7-17(27)15-25)24(30)31-16-22-20-10-4-2-8-18(20)19-9-3-5-11-21(19)22/h2-5,8-11,17,22H,6-7,12-16H2,1H3,(H,28,29). The number of hydrogen-bond donors (Lipinski definition) is 1. The highest BCUT2D eigenvalue weighted by Crippen LogP contribution is 2.44. The first kappa shape index (κ1) is 20.1. The van der Waals surface area contributed by atoms with E-state index in [4.69, 9.17) is 4.74 Å². The molecule has 6 heteroatoms. The molecule has 1 N–H and O–H groups in total. The predicted molar refractivity (Wildman–Crippen MR) is 117 cm³/mol. The number of nitrogens with zero attached hydrogens (tertiary/aromatic N) is 2. The van der Waals surface area contributed by atoms with Crippen LogP contribution < -0.4 is 0 Å². The van der Waals surface area contributed by atoms with Gasteiger partial charge in [0.1, 0.15) is 12.1 Å². The van der Waals surface area contributed by atoms with Gasteiger partial charge in [0.15, 0.2) is 0 Å². The van der Waals surface area contributed by atoms with Gasteiger partial charge in [0.2, 0.25) is 0 Å². The van der Waals surface area contributed by atoms with Crippen molar-refractivity contribution in [2.24, 2.45) is 0 Å². The Balaban J connectivity index is 1.34. The van der Waals surface area contributed by atoms with Gasteiger partial charge in [-0.15, -0.1) is 0 Å². The van der Waals surface area contributed by atoms with Crippen molar-refractivity contribution in [1.82, 2.24) is 9.80 Å². The molecular formula is C25H28N2O4. The Morgan fingerprint density at radius 3 is 2.39 bits per heavy atom. The zero-order valence-electron chi connectivity index (χ0n) is 17.8. The van der Waals surface area contributed by atoms with Crippen LogP contribution in [0, 0.1) is 0 Å². The van der Waals surface area contributed by atoms with Crippen LogP contribution in [0.3, 0.4) is 0 Å². The minimum atomic E-state index is -1.20. The Hall–Kier alpha value is -2.86. The summed E-state index contributed by atoms with van der Waals surface area (Å²) >= 11 is 0. The lowest BCUT2D eigenvalue weighted by atomic mass is 9.82. The molecule has 0 radical (unpaired) electrons. The minimum absolute atomic E-state index is 0.0396. The van der Waals surface area contributed by atoms with E-state index in [1.54, 1.807) is 7.05 Å². The van der Waals surface area contributed by atoms with E-state index in [9.17, 15) is 14.7 Å². The first-order valence-corrected chi connectivity index (χ1v) is 11.1. The molecular weight excluding hydrogens is 392 g/mol. The molecule has 0 aromatic heterocycles. The molecule has 1 aliphatic carbocycles. The van der Waals surface area contributed by atoms with Gasteiger partial charge < -0.3 is 14.7 Å². The number of piperidine rings is 1. The molecule has 2 aromatic rings. The first-order chi connectivity index (χ1) is 15.0. The molecule has 0 saturated carbocycles. The summed E-state index contributed by atoms with van der Waals surface area (Å²) in [4.78, 5) is 29.1. The van der Waals surface area contributed by atoms with E-state index in [-0.39, 0.29) is 18.6 Å². The van der Waals surface area contributed by atoms with Crippen molar-refractivity contribution >= 4 is 12.1 Å². The fourth-order valence-corrected chi connectivity index (χ4v) is 5.75. The highest BCUT2D eigenvalue weighted by Gasteiger charge is 2.51. The zero-order valence-corrected chi connectivity index (χ0v) is 17.8. The molecule has 3 aliphatic rings. The summed E-state index contributed by atoms with van der Waals surface area (Å²) in [5.74, 6) is -0.975. The third kappa shape index (κ3) is 3.21. The van der Waals surface area contributed by atoms with Crippen LogP contribution >= 0.6 is 0 Å². The summed E-state index contributed by atoms with van der Waals surface area (Å²) in [6.07, 6.45) is 2.42. The quantitative estimate of drug-likeness (QED) is 0.811. The normalized spacial score (nSPS) is 24.9. The summed E-state index contributed by atoms with van der Waals surface area (Å²) in [5, 5.41) is 10.1. The fraction of sp³-hybridized carbons (Fsp3) is 0.440. The maximum Gasteiger partial charge on any atom is 0.410 e. The molecule has 2 saturated heterocycles. The number of carbonyl (C=O) groups excluding carboxylic acids is 1. The molecule has 2 fully saturated rings.